The SMILES string of the molecule is CP(=O)(O)C[C@H]1CC[C@H](c2ccc(NC(=O)c3nnc(Nc4ccc(F)c(F)c4)o3)cc2)CC1. The molecule has 0 radical (unpaired) electrons. The van der Waals surface area contributed by atoms with Crippen molar-refractivity contribution in [3.8, 4) is 0 Å². The van der Waals surface area contributed by atoms with E-state index in [1.807, 2.05) is 12.1 Å². The van der Waals surface area contributed by atoms with E-state index in [0.29, 0.717) is 23.7 Å². The highest BCUT2D eigenvalue weighted by Gasteiger charge is 2.26. The van der Waals surface area contributed by atoms with Crippen LogP contribution in [0.2, 0.25) is 0 Å². The van der Waals surface area contributed by atoms with E-state index in [4.69, 9.17) is 4.42 Å². The van der Waals surface area contributed by atoms with E-state index in [0.717, 1.165) is 43.4 Å². The number of nitrogens with one attached hydrogen (secondary N) is 2. The molecule has 3 N–H and O–H groups in total. The molecule has 1 aliphatic rings. The van der Waals surface area contributed by atoms with Gasteiger partial charge in [0, 0.05) is 30.3 Å². The summed E-state index contributed by atoms with van der Waals surface area (Å²) in [5.41, 5.74) is 1.91. The van der Waals surface area contributed by atoms with Gasteiger partial charge in [0.25, 0.3) is 0 Å². The van der Waals surface area contributed by atoms with Gasteiger partial charge < -0.3 is 19.9 Å². The average Bonchev–Trinajstić information content (AvgIpc) is 3.25. The first-order valence-electron chi connectivity index (χ1n) is 10.9. The van der Waals surface area contributed by atoms with Crippen molar-refractivity contribution in [1.82, 2.24) is 10.2 Å². The fraction of sp³-hybridized carbons (Fsp3) is 0.348. The summed E-state index contributed by atoms with van der Waals surface area (Å²) < 4.78 is 43.2. The molecule has 11 heteroatoms. The van der Waals surface area contributed by atoms with E-state index in [1.165, 1.54) is 12.7 Å². The van der Waals surface area contributed by atoms with Crippen LogP contribution in [0.15, 0.2) is 46.9 Å². The zero-order chi connectivity index (χ0) is 24.3. The summed E-state index contributed by atoms with van der Waals surface area (Å²) in [4.78, 5) is 22.0. The summed E-state index contributed by atoms with van der Waals surface area (Å²) in [6.45, 7) is 1.42. The second kappa shape index (κ2) is 10.0. The van der Waals surface area contributed by atoms with Crippen molar-refractivity contribution in [2.45, 2.75) is 31.6 Å². The van der Waals surface area contributed by atoms with E-state index in [9.17, 15) is 23.0 Å². The Kier molecular flexibility index (Phi) is 7.09. The Labute approximate surface area is 195 Å². The van der Waals surface area contributed by atoms with Crippen LogP contribution in [-0.4, -0.2) is 33.8 Å². The van der Waals surface area contributed by atoms with Crippen molar-refractivity contribution in [2.75, 3.05) is 23.5 Å². The molecular weight excluding hydrogens is 465 g/mol. The van der Waals surface area contributed by atoms with Gasteiger partial charge in [0.1, 0.15) is 0 Å². The minimum atomic E-state index is -2.98. The monoisotopic (exact) mass is 490 g/mol. The Morgan fingerprint density at radius 1 is 1.06 bits per heavy atom. The molecular formula is C23H25F2N4O4P. The Hall–Kier alpha value is -3.10. The van der Waals surface area contributed by atoms with Gasteiger partial charge in [-0.1, -0.05) is 17.2 Å². The topological polar surface area (TPSA) is 117 Å². The fourth-order valence-corrected chi connectivity index (χ4v) is 5.57. The van der Waals surface area contributed by atoms with Gasteiger partial charge in [0.2, 0.25) is 0 Å². The molecule has 1 aliphatic carbocycles. The van der Waals surface area contributed by atoms with Crippen LogP contribution < -0.4 is 10.6 Å². The van der Waals surface area contributed by atoms with Gasteiger partial charge in [-0.2, -0.15) is 0 Å². The quantitative estimate of drug-likeness (QED) is 0.374. The lowest BCUT2D eigenvalue weighted by Crippen LogP contribution is -2.16. The number of hydrogen-bond acceptors (Lipinski definition) is 6. The number of carbonyl (C=O) groups is 1. The molecule has 1 heterocycles. The van der Waals surface area contributed by atoms with E-state index < -0.39 is 24.9 Å². The maximum Gasteiger partial charge on any atom is 0.320 e. The summed E-state index contributed by atoms with van der Waals surface area (Å²) in [6, 6.07) is 10.6. The van der Waals surface area contributed by atoms with Crippen LogP contribution in [0.1, 0.15) is 47.8 Å². The Bertz CT molecular complexity index is 1200. The van der Waals surface area contributed by atoms with Crippen molar-refractivity contribution in [1.29, 1.82) is 0 Å². The number of nitrogens with zero attached hydrogens (tertiary/aromatic N) is 2. The van der Waals surface area contributed by atoms with Crippen LogP contribution in [0, 0.1) is 17.6 Å². The number of aromatic nitrogens is 2. The maximum atomic E-state index is 13.3. The zero-order valence-electron chi connectivity index (χ0n) is 18.5. The van der Waals surface area contributed by atoms with Crippen LogP contribution >= 0.6 is 7.37 Å². The third kappa shape index (κ3) is 6.27. The number of hydrogen-bond donors (Lipinski definition) is 3. The number of amides is 1. The van der Waals surface area contributed by atoms with Gasteiger partial charge in [-0.15, -0.1) is 5.10 Å². The van der Waals surface area contributed by atoms with Crippen molar-refractivity contribution in [2.24, 2.45) is 5.92 Å². The van der Waals surface area contributed by atoms with E-state index >= 15 is 0 Å². The molecule has 34 heavy (non-hydrogen) atoms. The first kappa shape index (κ1) is 24.0. The molecule has 1 aromatic heterocycles. The summed E-state index contributed by atoms with van der Waals surface area (Å²) in [6.07, 6.45) is 4.18. The molecule has 0 aliphatic heterocycles. The number of carbonyl (C=O) groups excluding carboxylic acids is 1. The van der Waals surface area contributed by atoms with Crippen LogP contribution in [-0.2, 0) is 4.57 Å². The van der Waals surface area contributed by atoms with Crippen molar-refractivity contribution >= 4 is 30.7 Å². The lowest BCUT2D eigenvalue weighted by Gasteiger charge is -2.29. The highest BCUT2D eigenvalue weighted by Crippen LogP contribution is 2.44. The lowest BCUT2D eigenvalue weighted by atomic mass is 9.79. The van der Waals surface area contributed by atoms with Gasteiger partial charge in [-0.3, -0.25) is 9.36 Å². The molecule has 2 aromatic carbocycles. The molecule has 180 valence electrons. The molecule has 1 atom stereocenters. The lowest BCUT2D eigenvalue weighted by molar-refractivity contribution is 0.0991. The average molecular weight is 490 g/mol. The van der Waals surface area contributed by atoms with Gasteiger partial charge in [-0.05, 0) is 67.3 Å². The minimum Gasteiger partial charge on any atom is -0.399 e. The Morgan fingerprint density at radius 3 is 2.38 bits per heavy atom. The number of anilines is 3. The Balaban J connectivity index is 1.31. The molecule has 4 rings (SSSR count). The predicted octanol–water partition coefficient (Wildman–Crippen LogP) is 5.52. The smallest absolute Gasteiger partial charge is 0.320 e. The summed E-state index contributed by atoms with van der Waals surface area (Å²) in [5, 5.41) is 12.7. The highest BCUT2D eigenvalue weighted by atomic mass is 31.2. The molecule has 8 nitrogen and oxygen atoms in total. The first-order valence-corrected chi connectivity index (χ1v) is 13.2. The van der Waals surface area contributed by atoms with Crippen molar-refractivity contribution in [3.05, 3.63) is 65.6 Å². The van der Waals surface area contributed by atoms with Crippen LogP contribution in [0.3, 0.4) is 0 Å². The van der Waals surface area contributed by atoms with Gasteiger partial charge in [-0.25, -0.2) is 8.78 Å². The van der Waals surface area contributed by atoms with E-state index in [-0.39, 0.29) is 17.6 Å². The standard InChI is InChI=1S/C23H25F2N4O4P/c1-34(31,32)13-14-2-4-15(5-3-14)16-6-8-17(9-7-16)26-21(30)22-28-29-23(33-22)27-18-10-11-19(24)20(25)12-18/h6-12,14-15H,2-5,13H2,1H3,(H,26,30)(H,27,29)(H,31,32)/t14-,15-. The maximum absolute atomic E-state index is 13.3. The minimum absolute atomic E-state index is 0.136. The normalized spacial score (nSPS) is 19.9. The van der Waals surface area contributed by atoms with Gasteiger partial charge in [0.05, 0.1) is 0 Å². The fourth-order valence-electron chi connectivity index (χ4n) is 4.24. The van der Waals surface area contributed by atoms with Gasteiger partial charge >= 0.3 is 17.8 Å². The number of benzene rings is 2. The highest BCUT2D eigenvalue weighted by molar-refractivity contribution is 7.57. The zero-order valence-corrected chi connectivity index (χ0v) is 19.4. The third-order valence-electron chi connectivity index (χ3n) is 5.87. The largest absolute Gasteiger partial charge is 0.399 e. The van der Waals surface area contributed by atoms with Crippen molar-refractivity contribution < 1.29 is 27.5 Å². The second-order valence-electron chi connectivity index (χ2n) is 8.69. The molecule has 0 saturated heterocycles. The molecule has 3 aromatic rings. The van der Waals surface area contributed by atoms with Crippen LogP contribution in [0.25, 0.3) is 0 Å². The van der Waals surface area contributed by atoms with E-state index in [1.54, 1.807) is 12.1 Å². The summed E-state index contributed by atoms with van der Waals surface area (Å²) >= 11 is 0. The van der Waals surface area contributed by atoms with E-state index in [2.05, 4.69) is 20.8 Å². The van der Waals surface area contributed by atoms with Crippen LogP contribution in [0.4, 0.5) is 26.2 Å². The third-order valence-corrected chi connectivity index (χ3v) is 7.07. The summed E-state index contributed by atoms with van der Waals surface area (Å²) in [7, 11) is -2.98. The molecule has 1 fully saturated rings. The Morgan fingerprint density at radius 2 is 1.74 bits per heavy atom. The summed E-state index contributed by atoms with van der Waals surface area (Å²) in [5.74, 6) is -2.22. The number of rotatable bonds is 7. The predicted molar refractivity (Wildman–Crippen MR) is 124 cm³/mol. The first-order chi connectivity index (χ1) is 16.2. The molecule has 1 saturated carbocycles. The van der Waals surface area contributed by atoms with Crippen molar-refractivity contribution in [3.63, 3.8) is 0 Å². The molecule has 1 amide bonds. The molecule has 1 unspecified atom stereocenters. The van der Waals surface area contributed by atoms with Crippen LogP contribution in [0.5, 0.6) is 0 Å². The molecule has 0 bridgehead atoms. The molecule has 0 spiro atoms. The number of halogens is 2. The van der Waals surface area contributed by atoms with Gasteiger partial charge in [0.15, 0.2) is 19.0 Å². The second-order valence-corrected chi connectivity index (χ2v) is 11.2.